The third-order valence-electron chi connectivity index (χ3n) is 2.85. The Kier molecular flexibility index (Phi) is 4.58. The van der Waals surface area contributed by atoms with E-state index in [0.29, 0.717) is 17.1 Å². The molecule has 2 aromatic rings. The predicted octanol–water partition coefficient (Wildman–Crippen LogP) is 3.64. The quantitative estimate of drug-likeness (QED) is 0.875. The van der Waals surface area contributed by atoms with Crippen molar-refractivity contribution in [1.82, 2.24) is 4.98 Å². The van der Waals surface area contributed by atoms with Gasteiger partial charge in [-0.05, 0) is 30.7 Å². The summed E-state index contributed by atoms with van der Waals surface area (Å²) in [5.41, 5.74) is 1.93. The third kappa shape index (κ3) is 3.08. The van der Waals surface area contributed by atoms with Crippen LogP contribution in [0.3, 0.4) is 0 Å². The topological polar surface area (TPSA) is 51.2 Å². The molecule has 1 atom stereocenters. The Bertz CT molecular complexity index is 614. The third-order valence-corrected chi connectivity index (χ3v) is 3.08. The van der Waals surface area contributed by atoms with Crippen LogP contribution in [0.25, 0.3) is 0 Å². The number of anilines is 1. The van der Waals surface area contributed by atoms with E-state index in [0.717, 1.165) is 5.56 Å². The number of benzene rings is 1. The zero-order chi connectivity index (χ0) is 14.5. The number of hydrogen-bond donors (Lipinski definition) is 1. The van der Waals surface area contributed by atoms with Crippen molar-refractivity contribution in [3.05, 3.63) is 53.7 Å². The van der Waals surface area contributed by atoms with Gasteiger partial charge >= 0.3 is 0 Å². The van der Waals surface area contributed by atoms with Crippen LogP contribution in [0.5, 0.6) is 5.88 Å². The van der Waals surface area contributed by atoms with Gasteiger partial charge in [-0.3, -0.25) is 4.79 Å². The molecule has 104 valence electrons. The molecule has 5 heteroatoms. The Labute approximate surface area is 122 Å². The SMILES string of the molecule is COc1ncccc1C(=O)Nc1ccccc1C(C)Cl. The molecule has 20 heavy (non-hydrogen) atoms. The molecule has 0 spiro atoms. The average molecular weight is 291 g/mol. The number of aromatic nitrogens is 1. The standard InChI is InChI=1S/C15H15ClN2O2/c1-10(16)11-6-3-4-8-13(11)18-14(19)12-7-5-9-17-15(12)20-2/h3-10H,1-2H3,(H,18,19). The van der Waals surface area contributed by atoms with E-state index in [1.807, 2.05) is 31.2 Å². The number of amides is 1. The van der Waals surface area contributed by atoms with E-state index < -0.39 is 0 Å². The number of nitrogens with one attached hydrogen (secondary N) is 1. The summed E-state index contributed by atoms with van der Waals surface area (Å²) in [7, 11) is 1.48. The van der Waals surface area contributed by atoms with Crippen molar-refractivity contribution in [3.8, 4) is 5.88 Å². The summed E-state index contributed by atoms with van der Waals surface area (Å²) in [6.07, 6.45) is 1.57. The number of hydrogen-bond acceptors (Lipinski definition) is 3. The Morgan fingerprint density at radius 2 is 2.05 bits per heavy atom. The molecule has 0 aliphatic carbocycles. The maximum atomic E-state index is 12.3. The number of carbonyl (C=O) groups is 1. The van der Waals surface area contributed by atoms with Crippen molar-refractivity contribution in [2.24, 2.45) is 0 Å². The van der Waals surface area contributed by atoms with Crippen LogP contribution in [0, 0.1) is 0 Å². The van der Waals surface area contributed by atoms with E-state index in [-0.39, 0.29) is 11.3 Å². The van der Waals surface area contributed by atoms with Gasteiger partial charge in [-0.2, -0.15) is 0 Å². The largest absolute Gasteiger partial charge is 0.480 e. The number of para-hydroxylation sites is 1. The molecule has 1 aromatic heterocycles. The van der Waals surface area contributed by atoms with E-state index in [2.05, 4.69) is 10.3 Å². The molecule has 0 bridgehead atoms. The van der Waals surface area contributed by atoms with Crippen LogP contribution in [0.15, 0.2) is 42.6 Å². The molecule has 4 nitrogen and oxygen atoms in total. The predicted molar refractivity (Wildman–Crippen MR) is 79.5 cm³/mol. The number of pyridine rings is 1. The zero-order valence-corrected chi connectivity index (χ0v) is 12.0. The molecule has 1 N–H and O–H groups in total. The highest BCUT2D eigenvalue weighted by Gasteiger charge is 2.15. The van der Waals surface area contributed by atoms with Crippen LogP contribution in [0.2, 0.25) is 0 Å². The minimum absolute atomic E-state index is 0.192. The van der Waals surface area contributed by atoms with Gasteiger partial charge in [0.2, 0.25) is 5.88 Å². The first-order chi connectivity index (χ1) is 9.63. The molecule has 1 amide bonds. The first-order valence-corrected chi connectivity index (χ1v) is 6.60. The first kappa shape index (κ1) is 14.3. The monoisotopic (exact) mass is 290 g/mol. The van der Waals surface area contributed by atoms with Crippen LogP contribution in [0.4, 0.5) is 5.69 Å². The van der Waals surface area contributed by atoms with Crippen LogP contribution in [-0.2, 0) is 0 Å². The molecule has 0 saturated carbocycles. The lowest BCUT2D eigenvalue weighted by atomic mass is 10.1. The number of carbonyl (C=O) groups excluding carboxylic acids is 1. The maximum absolute atomic E-state index is 12.3. The normalized spacial score (nSPS) is 11.8. The lowest BCUT2D eigenvalue weighted by Gasteiger charge is -2.13. The van der Waals surface area contributed by atoms with Gasteiger partial charge in [0.05, 0.1) is 12.5 Å². The van der Waals surface area contributed by atoms with E-state index in [9.17, 15) is 4.79 Å². The first-order valence-electron chi connectivity index (χ1n) is 6.17. The van der Waals surface area contributed by atoms with E-state index in [1.54, 1.807) is 18.3 Å². The second-order valence-corrected chi connectivity index (χ2v) is 4.87. The van der Waals surface area contributed by atoms with Gasteiger partial charge in [0, 0.05) is 11.9 Å². The Balaban J connectivity index is 2.28. The van der Waals surface area contributed by atoms with E-state index in [4.69, 9.17) is 16.3 Å². The number of methoxy groups -OCH3 is 1. The highest BCUT2D eigenvalue weighted by molar-refractivity contribution is 6.21. The van der Waals surface area contributed by atoms with Crippen molar-refractivity contribution in [3.63, 3.8) is 0 Å². The molecule has 1 heterocycles. The average Bonchev–Trinajstić information content (AvgIpc) is 2.47. The number of halogens is 1. The molecule has 2 rings (SSSR count). The molecule has 1 aromatic carbocycles. The highest BCUT2D eigenvalue weighted by atomic mass is 35.5. The summed E-state index contributed by atoms with van der Waals surface area (Å²) in [6.45, 7) is 1.86. The fourth-order valence-corrected chi connectivity index (χ4v) is 2.06. The lowest BCUT2D eigenvalue weighted by molar-refractivity contribution is 0.102. The van der Waals surface area contributed by atoms with Gasteiger partial charge in [0.25, 0.3) is 5.91 Å². The smallest absolute Gasteiger partial charge is 0.261 e. The van der Waals surface area contributed by atoms with Crippen molar-refractivity contribution < 1.29 is 9.53 Å². The summed E-state index contributed by atoms with van der Waals surface area (Å²) in [6, 6.07) is 10.8. The molecule has 1 unspecified atom stereocenters. The summed E-state index contributed by atoms with van der Waals surface area (Å²) in [4.78, 5) is 16.3. The fraction of sp³-hybridized carbons (Fsp3) is 0.200. The summed E-state index contributed by atoms with van der Waals surface area (Å²) < 4.78 is 5.08. The minimum atomic E-state index is -0.278. The van der Waals surface area contributed by atoms with Crippen molar-refractivity contribution in [1.29, 1.82) is 0 Å². The number of ether oxygens (including phenoxy) is 1. The van der Waals surface area contributed by atoms with Gasteiger partial charge in [0.1, 0.15) is 5.56 Å². The van der Waals surface area contributed by atoms with Gasteiger partial charge in [-0.1, -0.05) is 18.2 Å². The van der Waals surface area contributed by atoms with Crippen molar-refractivity contribution >= 4 is 23.2 Å². The Morgan fingerprint density at radius 1 is 1.30 bits per heavy atom. The molecule has 0 fully saturated rings. The maximum Gasteiger partial charge on any atom is 0.261 e. The molecule has 0 aliphatic heterocycles. The summed E-state index contributed by atoms with van der Waals surface area (Å²) in [5.74, 6) is 0.0149. The summed E-state index contributed by atoms with van der Waals surface area (Å²) >= 11 is 6.11. The zero-order valence-electron chi connectivity index (χ0n) is 11.3. The van der Waals surface area contributed by atoms with Gasteiger partial charge in [-0.25, -0.2) is 4.98 Å². The fourth-order valence-electron chi connectivity index (χ4n) is 1.87. The van der Waals surface area contributed by atoms with Gasteiger partial charge in [-0.15, -0.1) is 11.6 Å². The van der Waals surface area contributed by atoms with Crippen molar-refractivity contribution in [2.75, 3.05) is 12.4 Å². The molecular weight excluding hydrogens is 276 g/mol. The van der Waals surface area contributed by atoms with E-state index >= 15 is 0 Å². The number of nitrogens with zero attached hydrogens (tertiary/aromatic N) is 1. The lowest BCUT2D eigenvalue weighted by Crippen LogP contribution is -2.15. The van der Waals surface area contributed by atoms with Crippen LogP contribution in [0.1, 0.15) is 28.2 Å². The second-order valence-electron chi connectivity index (χ2n) is 4.22. The number of alkyl halides is 1. The van der Waals surface area contributed by atoms with Crippen LogP contribution in [-0.4, -0.2) is 18.0 Å². The van der Waals surface area contributed by atoms with E-state index in [1.165, 1.54) is 7.11 Å². The molecular formula is C15H15ClN2O2. The Hall–Kier alpha value is -2.07. The minimum Gasteiger partial charge on any atom is -0.480 e. The van der Waals surface area contributed by atoms with Gasteiger partial charge < -0.3 is 10.1 Å². The van der Waals surface area contributed by atoms with Crippen molar-refractivity contribution in [2.45, 2.75) is 12.3 Å². The highest BCUT2D eigenvalue weighted by Crippen LogP contribution is 2.27. The molecule has 0 radical (unpaired) electrons. The van der Waals surface area contributed by atoms with Crippen LogP contribution < -0.4 is 10.1 Å². The second kappa shape index (κ2) is 6.39. The Morgan fingerprint density at radius 3 is 2.75 bits per heavy atom. The molecule has 0 aliphatic rings. The van der Waals surface area contributed by atoms with Gasteiger partial charge in [0.15, 0.2) is 0 Å². The number of rotatable bonds is 4. The molecule has 0 saturated heterocycles. The summed E-state index contributed by atoms with van der Waals surface area (Å²) in [5, 5.41) is 2.65. The van der Waals surface area contributed by atoms with Crippen LogP contribution >= 0.6 is 11.6 Å².